The van der Waals surface area contributed by atoms with Crippen LogP contribution in [0.25, 0.3) is 10.9 Å². The third kappa shape index (κ3) is 2.99. The number of hydrogen-bond acceptors (Lipinski definition) is 4. The summed E-state index contributed by atoms with van der Waals surface area (Å²) in [7, 11) is 0. The zero-order valence-corrected chi connectivity index (χ0v) is 15.1. The standard InChI is InChI=1S/C22H20N2O3/c1-13(15-8-9-20-21(10-15)27-12-26-20)23-22(25)17-11-19(14-6-7-14)24-18-5-3-2-4-16(17)18/h2-5,8-11,13-14H,6-7,12H2,1H3,(H,23,25)/t13-/m1/s1. The molecular formula is C22H20N2O3. The van der Waals surface area contributed by atoms with Gasteiger partial charge in [-0.1, -0.05) is 24.3 Å². The van der Waals surface area contributed by atoms with E-state index in [1.54, 1.807) is 0 Å². The normalized spacial score (nSPS) is 16.3. The number of fused-ring (bicyclic) bond motifs is 2. The molecule has 5 rings (SSSR count). The van der Waals surface area contributed by atoms with E-state index in [0.717, 1.165) is 46.5 Å². The highest BCUT2D eigenvalue weighted by atomic mass is 16.7. The van der Waals surface area contributed by atoms with E-state index in [2.05, 4.69) is 5.32 Å². The Balaban J connectivity index is 1.45. The summed E-state index contributed by atoms with van der Waals surface area (Å²) in [4.78, 5) is 17.8. The Labute approximate surface area is 157 Å². The summed E-state index contributed by atoms with van der Waals surface area (Å²) in [6.07, 6.45) is 2.31. The van der Waals surface area contributed by atoms with Crippen molar-refractivity contribution < 1.29 is 14.3 Å². The van der Waals surface area contributed by atoms with E-state index in [-0.39, 0.29) is 18.7 Å². The van der Waals surface area contributed by atoms with E-state index < -0.39 is 0 Å². The van der Waals surface area contributed by atoms with Gasteiger partial charge in [0.15, 0.2) is 11.5 Å². The first-order chi connectivity index (χ1) is 13.2. The first-order valence-electron chi connectivity index (χ1n) is 9.29. The van der Waals surface area contributed by atoms with Gasteiger partial charge in [0.25, 0.3) is 5.91 Å². The number of ether oxygens (including phenoxy) is 2. The molecule has 5 nitrogen and oxygen atoms in total. The molecule has 1 saturated carbocycles. The Kier molecular flexibility index (Phi) is 3.74. The van der Waals surface area contributed by atoms with Crippen LogP contribution in [0.4, 0.5) is 0 Å². The number of rotatable bonds is 4. The van der Waals surface area contributed by atoms with Crippen molar-refractivity contribution >= 4 is 16.8 Å². The van der Waals surface area contributed by atoms with Gasteiger partial charge in [-0.3, -0.25) is 9.78 Å². The van der Waals surface area contributed by atoms with Crippen LogP contribution in [0.3, 0.4) is 0 Å². The maximum absolute atomic E-state index is 13.1. The molecule has 5 heteroatoms. The smallest absolute Gasteiger partial charge is 0.252 e. The lowest BCUT2D eigenvalue weighted by molar-refractivity contribution is 0.0941. The third-order valence-corrected chi connectivity index (χ3v) is 5.22. The number of pyridine rings is 1. The summed E-state index contributed by atoms with van der Waals surface area (Å²) < 4.78 is 10.8. The summed E-state index contributed by atoms with van der Waals surface area (Å²) in [6.45, 7) is 2.22. The van der Waals surface area contributed by atoms with Crippen molar-refractivity contribution in [3.63, 3.8) is 0 Å². The van der Waals surface area contributed by atoms with E-state index in [4.69, 9.17) is 14.5 Å². The van der Waals surface area contributed by atoms with E-state index in [0.29, 0.717) is 11.5 Å². The maximum Gasteiger partial charge on any atom is 0.252 e. The molecule has 1 aromatic heterocycles. The second-order valence-corrected chi connectivity index (χ2v) is 7.19. The molecule has 2 heterocycles. The molecule has 3 aromatic rings. The van der Waals surface area contributed by atoms with Crippen LogP contribution in [0.1, 0.15) is 53.3 Å². The van der Waals surface area contributed by atoms with Gasteiger partial charge in [-0.25, -0.2) is 0 Å². The second kappa shape index (κ2) is 6.27. The number of nitrogens with one attached hydrogen (secondary N) is 1. The molecule has 1 amide bonds. The molecule has 136 valence electrons. The predicted octanol–water partition coefficient (Wildman–Crippen LogP) is 4.33. The molecule has 2 aromatic carbocycles. The third-order valence-electron chi connectivity index (χ3n) is 5.22. The van der Waals surface area contributed by atoms with Crippen molar-refractivity contribution in [2.75, 3.05) is 6.79 Å². The highest BCUT2D eigenvalue weighted by Crippen LogP contribution is 2.40. The lowest BCUT2D eigenvalue weighted by Gasteiger charge is -2.16. The van der Waals surface area contributed by atoms with E-state index in [1.807, 2.05) is 55.5 Å². The minimum absolute atomic E-state index is 0.0827. The van der Waals surface area contributed by atoms with Crippen LogP contribution < -0.4 is 14.8 Å². The molecule has 0 spiro atoms. The number of para-hydroxylation sites is 1. The molecule has 0 saturated heterocycles. The van der Waals surface area contributed by atoms with Crippen LogP contribution in [-0.2, 0) is 0 Å². The minimum Gasteiger partial charge on any atom is -0.454 e. The minimum atomic E-state index is -0.150. The Bertz CT molecular complexity index is 1040. The van der Waals surface area contributed by atoms with Gasteiger partial charge in [0.1, 0.15) is 0 Å². The molecule has 1 fully saturated rings. The van der Waals surface area contributed by atoms with Crippen LogP contribution in [0.2, 0.25) is 0 Å². The van der Waals surface area contributed by atoms with E-state index in [9.17, 15) is 4.79 Å². The Morgan fingerprint density at radius 2 is 1.93 bits per heavy atom. The van der Waals surface area contributed by atoms with Crippen LogP contribution in [0.5, 0.6) is 11.5 Å². The summed E-state index contributed by atoms with van der Waals surface area (Å²) in [5.74, 6) is 1.87. The van der Waals surface area contributed by atoms with Crippen LogP contribution in [0, 0.1) is 0 Å². The largest absolute Gasteiger partial charge is 0.454 e. The van der Waals surface area contributed by atoms with Crippen LogP contribution >= 0.6 is 0 Å². The second-order valence-electron chi connectivity index (χ2n) is 7.19. The number of amides is 1. The summed E-state index contributed by atoms with van der Waals surface area (Å²) >= 11 is 0. The molecule has 2 aliphatic rings. The van der Waals surface area contributed by atoms with Gasteiger partial charge < -0.3 is 14.8 Å². The first-order valence-corrected chi connectivity index (χ1v) is 9.29. The van der Waals surface area contributed by atoms with Crippen molar-refractivity contribution in [1.29, 1.82) is 0 Å². The van der Waals surface area contributed by atoms with E-state index in [1.165, 1.54) is 0 Å². The van der Waals surface area contributed by atoms with Crippen LogP contribution in [-0.4, -0.2) is 17.7 Å². The van der Waals surface area contributed by atoms with Gasteiger partial charge in [-0.05, 0) is 49.6 Å². The fraction of sp³-hybridized carbons (Fsp3) is 0.273. The van der Waals surface area contributed by atoms with Crippen LogP contribution in [0.15, 0.2) is 48.5 Å². The van der Waals surface area contributed by atoms with Gasteiger partial charge in [0, 0.05) is 17.0 Å². The summed E-state index contributed by atoms with van der Waals surface area (Å²) in [6, 6.07) is 15.4. The summed E-state index contributed by atoms with van der Waals surface area (Å²) in [5.41, 5.74) is 3.57. The summed E-state index contributed by atoms with van der Waals surface area (Å²) in [5, 5.41) is 4.01. The van der Waals surface area contributed by atoms with Gasteiger partial charge >= 0.3 is 0 Å². The van der Waals surface area contributed by atoms with Crippen molar-refractivity contribution in [3.8, 4) is 11.5 Å². The fourth-order valence-corrected chi connectivity index (χ4v) is 3.51. The average molecular weight is 360 g/mol. The zero-order chi connectivity index (χ0) is 18.4. The van der Waals surface area contributed by atoms with Gasteiger partial charge in [0.2, 0.25) is 6.79 Å². The zero-order valence-electron chi connectivity index (χ0n) is 15.1. The van der Waals surface area contributed by atoms with Crippen molar-refractivity contribution in [3.05, 3.63) is 65.4 Å². The van der Waals surface area contributed by atoms with Crippen molar-refractivity contribution in [1.82, 2.24) is 10.3 Å². The number of benzene rings is 2. The molecule has 0 bridgehead atoms. The number of aromatic nitrogens is 1. The number of carbonyl (C=O) groups excluding carboxylic acids is 1. The number of carbonyl (C=O) groups is 1. The Morgan fingerprint density at radius 1 is 1.11 bits per heavy atom. The molecule has 0 radical (unpaired) electrons. The quantitative estimate of drug-likeness (QED) is 0.752. The SMILES string of the molecule is C[C@@H](NC(=O)c1cc(C2CC2)nc2ccccc12)c1ccc2c(c1)OCO2. The lowest BCUT2D eigenvalue weighted by Crippen LogP contribution is -2.27. The van der Waals surface area contributed by atoms with Gasteiger partial charge in [-0.15, -0.1) is 0 Å². The Morgan fingerprint density at radius 3 is 2.78 bits per heavy atom. The molecule has 1 N–H and O–H groups in total. The molecule has 0 unspecified atom stereocenters. The molecule has 1 aliphatic heterocycles. The highest BCUT2D eigenvalue weighted by molar-refractivity contribution is 6.06. The Hall–Kier alpha value is -3.08. The average Bonchev–Trinajstić information content (AvgIpc) is 3.44. The van der Waals surface area contributed by atoms with Gasteiger partial charge in [-0.2, -0.15) is 0 Å². The number of nitrogens with zero attached hydrogens (tertiary/aromatic N) is 1. The topological polar surface area (TPSA) is 60.5 Å². The highest BCUT2D eigenvalue weighted by Gasteiger charge is 2.27. The monoisotopic (exact) mass is 360 g/mol. The molecule has 27 heavy (non-hydrogen) atoms. The van der Waals surface area contributed by atoms with Crippen molar-refractivity contribution in [2.24, 2.45) is 0 Å². The van der Waals surface area contributed by atoms with Crippen molar-refractivity contribution in [2.45, 2.75) is 31.7 Å². The lowest BCUT2D eigenvalue weighted by atomic mass is 10.0. The molecule has 1 aliphatic carbocycles. The first kappa shape index (κ1) is 16.1. The maximum atomic E-state index is 13.1. The predicted molar refractivity (Wildman–Crippen MR) is 102 cm³/mol. The fourth-order valence-electron chi connectivity index (χ4n) is 3.51. The molecular weight excluding hydrogens is 340 g/mol. The van der Waals surface area contributed by atoms with Gasteiger partial charge in [0.05, 0.1) is 17.1 Å². The van der Waals surface area contributed by atoms with E-state index >= 15 is 0 Å². The molecule has 1 atom stereocenters. The number of hydrogen-bond donors (Lipinski definition) is 1.